The van der Waals surface area contributed by atoms with Crippen molar-refractivity contribution in [2.24, 2.45) is 0 Å². The lowest BCUT2D eigenvalue weighted by atomic mass is 10.1. The quantitative estimate of drug-likeness (QED) is 0.779. The van der Waals surface area contributed by atoms with E-state index in [9.17, 15) is 9.59 Å². The Bertz CT molecular complexity index is 970. The fraction of sp³-hybridized carbons (Fsp3) is 0.238. The van der Waals surface area contributed by atoms with Crippen LogP contribution in [0, 0.1) is 0 Å². The molecule has 8 heteroatoms. The van der Waals surface area contributed by atoms with Gasteiger partial charge in [0.2, 0.25) is 12.7 Å². The number of hydrogen-bond donors (Lipinski definition) is 1. The van der Waals surface area contributed by atoms with Crippen LogP contribution in [0.25, 0.3) is 0 Å². The maximum atomic E-state index is 12.8. The van der Waals surface area contributed by atoms with Crippen LogP contribution in [0.2, 0.25) is 5.02 Å². The first-order chi connectivity index (χ1) is 14.1. The minimum atomic E-state index is -0.365. The van der Waals surface area contributed by atoms with E-state index in [-0.39, 0.29) is 24.2 Å². The van der Waals surface area contributed by atoms with Gasteiger partial charge in [-0.2, -0.15) is 0 Å². The minimum Gasteiger partial charge on any atom is -0.454 e. The lowest BCUT2D eigenvalue weighted by molar-refractivity contribution is -0.126. The van der Waals surface area contributed by atoms with Crippen LogP contribution in [-0.2, 0) is 4.79 Å². The van der Waals surface area contributed by atoms with Gasteiger partial charge in [0, 0.05) is 37.6 Å². The van der Waals surface area contributed by atoms with Crippen molar-refractivity contribution >= 4 is 34.8 Å². The molecule has 0 radical (unpaired) electrons. The van der Waals surface area contributed by atoms with Crippen LogP contribution in [-0.4, -0.2) is 49.7 Å². The van der Waals surface area contributed by atoms with Crippen LogP contribution in [0.15, 0.2) is 49.1 Å². The molecule has 4 rings (SSSR count). The molecular formula is C21H20ClN3O4. The third-order valence-corrected chi connectivity index (χ3v) is 5.27. The summed E-state index contributed by atoms with van der Waals surface area (Å²) in [7, 11) is 0. The summed E-state index contributed by atoms with van der Waals surface area (Å²) >= 11 is 6.23. The molecule has 0 unspecified atom stereocenters. The maximum absolute atomic E-state index is 12.8. The fourth-order valence-corrected chi connectivity index (χ4v) is 3.68. The predicted octanol–water partition coefficient (Wildman–Crippen LogP) is 3.16. The van der Waals surface area contributed by atoms with Gasteiger partial charge < -0.3 is 24.6 Å². The average Bonchev–Trinajstić information content (AvgIpc) is 3.22. The molecule has 1 saturated heterocycles. The largest absolute Gasteiger partial charge is 0.454 e. The number of amides is 2. The Kier molecular flexibility index (Phi) is 5.31. The molecule has 0 aliphatic carbocycles. The van der Waals surface area contributed by atoms with Gasteiger partial charge in [0.05, 0.1) is 5.02 Å². The van der Waals surface area contributed by atoms with E-state index in [4.69, 9.17) is 21.1 Å². The summed E-state index contributed by atoms with van der Waals surface area (Å²) in [5, 5.41) is 3.18. The zero-order chi connectivity index (χ0) is 20.4. The average molecular weight is 414 g/mol. The van der Waals surface area contributed by atoms with Gasteiger partial charge in [-0.15, -0.1) is 0 Å². The van der Waals surface area contributed by atoms with E-state index in [1.54, 1.807) is 17.0 Å². The summed E-state index contributed by atoms with van der Waals surface area (Å²) in [6.45, 7) is 6.27. The molecule has 0 atom stereocenters. The Morgan fingerprint density at radius 3 is 2.66 bits per heavy atom. The molecule has 0 bridgehead atoms. The number of nitrogens with zero attached hydrogens (tertiary/aromatic N) is 2. The Labute approximate surface area is 173 Å². The van der Waals surface area contributed by atoms with E-state index in [0.717, 1.165) is 5.69 Å². The van der Waals surface area contributed by atoms with Crippen molar-refractivity contribution < 1.29 is 19.1 Å². The van der Waals surface area contributed by atoms with Crippen LogP contribution in [0.4, 0.5) is 11.4 Å². The molecular weight excluding hydrogens is 394 g/mol. The smallest absolute Gasteiger partial charge is 0.261 e. The Morgan fingerprint density at radius 2 is 1.90 bits per heavy atom. The molecule has 7 nitrogen and oxygen atoms in total. The van der Waals surface area contributed by atoms with Crippen molar-refractivity contribution in [1.82, 2.24) is 4.90 Å². The second-order valence-electron chi connectivity index (χ2n) is 6.68. The molecule has 2 aliphatic heterocycles. The number of piperazine rings is 1. The first-order valence-electron chi connectivity index (χ1n) is 9.22. The Balaban J connectivity index is 1.48. The van der Waals surface area contributed by atoms with Crippen molar-refractivity contribution in [3.63, 3.8) is 0 Å². The number of carbonyl (C=O) groups excluding carboxylic acids is 2. The maximum Gasteiger partial charge on any atom is 0.261 e. The van der Waals surface area contributed by atoms with Crippen molar-refractivity contribution in [2.45, 2.75) is 0 Å². The van der Waals surface area contributed by atoms with Crippen LogP contribution in [0.1, 0.15) is 10.4 Å². The monoisotopic (exact) mass is 413 g/mol. The van der Waals surface area contributed by atoms with Gasteiger partial charge in [-0.05, 0) is 36.4 Å². The molecule has 29 heavy (non-hydrogen) atoms. The summed E-state index contributed by atoms with van der Waals surface area (Å²) in [5.74, 6) is 0.439. The number of carbonyl (C=O) groups is 2. The second-order valence-corrected chi connectivity index (χ2v) is 7.08. The highest BCUT2D eigenvalue weighted by molar-refractivity contribution is 6.35. The molecule has 150 valence electrons. The highest BCUT2D eigenvalue weighted by Gasteiger charge is 2.25. The van der Waals surface area contributed by atoms with E-state index in [0.29, 0.717) is 48.4 Å². The van der Waals surface area contributed by atoms with E-state index in [1.807, 2.05) is 24.3 Å². The first-order valence-corrected chi connectivity index (χ1v) is 9.60. The molecule has 1 fully saturated rings. The summed E-state index contributed by atoms with van der Waals surface area (Å²) in [5.41, 5.74) is 1.87. The molecule has 1 N–H and O–H groups in total. The Hall–Kier alpha value is -3.19. The third-order valence-electron chi connectivity index (χ3n) is 4.95. The van der Waals surface area contributed by atoms with Gasteiger partial charge in [0.15, 0.2) is 11.5 Å². The fourth-order valence-electron chi connectivity index (χ4n) is 3.45. The second kappa shape index (κ2) is 8.05. The molecule has 0 spiro atoms. The number of fused-ring (bicyclic) bond motifs is 1. The Morgan fingerprint density at radius 1 is 1.10 bits per heavy atom. The lowest BCUT2D eigenvalue weighted by Crippen LogP contribution is -2.48. The van der Waals surface area contributed by atoms with Crippen LogP contribution < -0.4 is 19.7 Å². The summed E-state index contributed by atoms with van der Waals surface area (Å²) in [4.78, 5) is 28.5. The van der Waals surface area contributed by atoms with E-state index < -0.39 is 0 Å². The number of rotatable bonds is 4. The van der Waals surface area contributed by atoms with Gasteiger partial charge in [-0.25, -0.2) is 0 Å². The normalized spacial score (nSPS) is 15.2. The van der Waals surface area contributed by atoms with Crippen molar-refractivity contribution in [2.75, 3.05) is 43.2 Å². The van der Waals surface area contributed by atoms with Crippen LogP contribution in [0.3, 0.4) is 0 Å². The van der Waals surface area contributed by atoms with Gasteiger partial charge in [-0.3, -0.25) is 9.59 Å². The van der Waals surface area contributed by atoms with E-state index in [1.165, 1.54) is 6.08 Å². The number of ether oxygens (including phenoxy) is 2. The molecule has 0 aromatic heterocycles. The lowest BCUT2D eigenvalue weighted by Gasteiger charge is -2.35. The summed E-state index contributed by atoms with van der Waals surface area (Å²) in [6, 6.07) is 10.9. The predicted molar refractivity (Wildman–Crippen MR) is 111 cm³/mol. The number of halogens is 1. The molecule has 0 saturated carbocycles. The molecule has 2 aromatic carbocycles. The molecule has 2 heterocycles. The van der Waals surface area contributed by atoms with E-state index in [2.05, 4.69) is 16.8 Å². The van der Waals surface area contributed by atoms with Gasteiger partial charge in [0.1, 0.15) is 5.56 Å². The molecule has 2 aliphatic rings. The third kappa shape index (κ3) is 3.86. The number of hydrogen-bond acceptors (Lipinski definition) is 5. The van der Waals surface area contributed by atoms with E-state index >= 15 is 0 Å². The van der Waals surface area contributed by atoms with Gasteiger partial charge in [-0.1, -0.05) is 24.2 Å². The SMILES string of the molecule is C=CC(=O)N1CCN(c2cccc(NC(=O)c3c(Cl)ccc4c3OCO4)c2)CC1. The van der Waals surface area contributed by atoms with Crippen LogP contribution in [0.5, 0.6) is 11.5 Å². The number of nitrogens with one attached hydrogen (secondary N) is 1. The molecule has 2 aromatic rings. The van der Waals surface area contributed by atoms with Crippen molar-refractivity contribution in [3.8, 4) is 11.5 Å². The van der Waals surface area contributed by atoms with Gasteiger partial charge in [0.25, 0.3) is 5.91 Å². The zero-order valence-corrected chi connectivity index (χ0v) is 16.4. The first kappa shape index (κ1) is 19.1. The molecule has 2 amide bonds. The minimum absolute atomic E-state index is 0.0517. The van der Waals surface area contributed by atoms with Crippen molar-refractivity contribution in [1.29, 1.82) is 0 Å². The van der Waals surface area contributed by atoms with Gasteiger partial charge >= 0.3 is 0 Å². The highest BCUT2D eigenvalue weighted by Crippen LogP contribution is 2.39. The number of anilines is 2. The highest BCUT2D eigenvalue weighted by atomic mass is 35.5. The summed E-state index contributed by atoms with van der Waals surface area (Å²) < 4.78 is 10.7. The topological polar surface area (TPSA) is 71.1 Å². The zero-order valence-electron chi connectivity index (χ0n) is 15.7. The van der Waals surface area contributed by atoms with Crippen LogP contribution >= 0.6 is 11.6 Å². The number of benzene rings is 2. The standard InChI is InChI=1S/C21H20ClN3O4/c1-2-18(26)25-10-8-24(9-11-25)15-5-3-4-14(12-15)23-21(27)19-16(22)6-7-17-20(19)29-13-28-17/h2-7,12H,1,8-11,13H2,(H,23,27). The van der Waals surface area contributed by atoms with Crippen molar-refractivity contribution in [3.05, 3.63) is 59.6 Å². The summed E-state index contributed by atoms with van der Waals surface area (Å²) in [6.07, 6.45) is 1.34.